The summed E-state index contributed by atoms with van der Waals surface area (Å²) in [5.74, 6) is 0.729. The van der Waals surface area contributed by atoms with E-state index in [4.69, 9.17) is 4.74 Å². The van der Waals surface area contributed by atoms with E-state index in [0.29, 0.717) is 12.1 Å². The fourth-order valence-electron chi connectivity index (χ4n) is 3.94. The molecule has 3 heterocycles. The molecule has 2 atom stereocenters. The highest BCUT2D eigenvalue weighted by Gasteiger charge is 2.43. The number of nitrogens with zero attached hydrogens (tertiary/aromatic N) is 3. The topological polar surface area (TPSA) is 67.4 Å². The minimum absolute atomic E-state index is 0.0421. The maximum absolute atomic E-state index is 12.2. The van der Waals surface area contributed by atoms with Crippen molar-refractivity contribution in [3.63, 3.8) is 0 Å². The van der Waals surface area contributed by atoms with Gasteiger partial charge in [-0.15, -0.1) is 0 Å². The molecule has 4 rings (SSSR count). The van der Waals surface area contributed by atoms with E-state index in [-0.39, 0.29) is 17.6 Å². The third kappa shape index (κ3) is 3.70. The van der Waals surface area contributed by atoms with E-state index in [2.05, 4.69) is 20.2 Å². The van der Waals surface area contributed by atoms with Gasteiger partial charge in [0.05, 0.1) is 11.7 Å². The van der Waals surface area contributed by atoms with Crippen LogP contribution in [0, 0.1) is 0 Å². The number of rotatable bonds is 4. The third-order valence-corrected chi connectivity index (χ3v) is 5.25. The molecule has 1 N–H and O–H groups in total. The number of carbonyl (C=O) groups is 1. The molecule has 0 bridgehead atoms. The molecular weight excluding hydrogens is 328 g/mol. The fraction of sp³-hybridized carbons (Fsp3) is 0.450. The van der Waals surface area contributed by atoms with E-state index in [0.717, 1.165) is 44.7 Å². The standard InChI is InChI=1S/C20H24N4O2/c25-18(16-6-2-1-3-7-16)23-14-17-8-4-9-20(26-17)10-13-24(15-20)19-21-11-5-12-22-19/h1-3,5-7,11-12,17H,4,8-10,13-15H2,(H,23,25)/t17-,20-/m0/s1. The lowest BCUT2D eigenvalue weighted by Crippen LogP contribution is -2.47. The van der Waals surface area contributed by atoms with Crippen LogP contribution in [-0.4, -0.2) is 47.2 Å². The Bertz CT molecular complexity index is 740. The van der Waals surface area contributed by atoms with E-state index in [1.165, 1.54) is 0 Å². The molecular formula is C20H24N4O2. The second kappa shape index (κ2) is 7.41. The molecule has 2 aliphatic rings. The van der Waals surface area contributed by atoms with E-state index < -0.39 is 0 Å². The summed E-state index contributed by atoms with van der Waals surface area (Å²) in [4.78, 5) is 23.2. The van der Waals surface area contributed by atoms with Crippen LogP contribution in [0.15, 0.2) is 48.8 Å². The van der Waals surface area contributed by atoms with Crippen LogP contribution in [0.4, 0.5) is 5.95 Å². The van der Waals surface area contributed by atoms with Crippen LogP contribution in [0.2, 0.25) is 0 Å². The molecule has 0 aliphatic carbocycles. The number of anilines is 1. The lowest BCUT2D eigenvalue weighted by Gasteiger charge is -2.38. The number of hydrogen-bond acceptors (Lipinski definition) is 5. The summed E-state index contributed by atoms with van der Waals surface area (Å²) in [6.45, 7) is 2.28. The molecule has 0 radical (unpaired) electrons. The smallest absolute Gasteiger partial charge is 0.251 e. The van der Waals surface area contributed by atoms with Gasteiger partial charge < -0.3 is 15.0 Å². The Hall–Kier alpha value is -2.47. The van der Waals surface area contributed by atoms with Crippen LogP contribution in [0.25, 0.3) is 0 Å². The normalized spacial score (nSPS) is 25.4. The minimum atomic E-state index is -0.139. The molecule has 2 fully saturated rings. The van der Waals surface area contributed by atoms with Crippen molar-refractivity contribution in [1.82, 2.24) is 15.3 Å². The monoisotopic (exact) mass is 352 g/mol. The van der Waals surface area contributed by atoms with E-state index >= 15 is 0 Å². The first-order valence-corrected chi connectivity index (χ1v) is 9.27. The van der Waals surface area contributed by atoms with Crippen LogP contribution in [0.1, 0.15) is 36.0 Å². The Labute approximate surface area is 153 Å². The van der Waals surface area contributed by atoms with Gasteiger partial charge >= 0.3 is 0 Å². The molecule has 0 saturated carbocycles. The molecule has 6 heteroatoms. The van der Waals surface area contributed by atoms with Crippen molar-refractivity contribution in [2.45, 2.75) is 37.4 Å². The van der Waals surface area contributed by atoms with Crippen molar-refractivity contribution in [1.29, 1.82) is 0 Å². The largest absolute Gasteiger partial charge is 0.368 e. The van der Waals surface area contributed by atoms with Gasteiger partial charge in [0.1, 0.15) is 0 Å². The maximum atomic E-state index is 12.2. The van der Waals surface area contributed by atoms with E-state index in [1.54, 1.807) is 12.4 Å². The number of ether oxygens (including phenoxy) is 1. The molecule has 1 aromatic carbocycles. The van der Waals surface area contributed by atoms with Crippen LogP contribution < -0.4 is 10.2 Å². The first-order chi connectivity index (χ1) is 12.7. The van der Waals surface area contributed by atoms with E-state index in [9.17, 15) is 4.79 Å². The van der Waals surface area contributed by atoms with Gasteiger partial charge in [0, 0.05) is 37.6 Å². The van der Waals surface area contributed by atoms with Crippen molar-refractivity contribution in [2.24, 2.45) is 0 Å². The number of hydrogen-bond donors (Lipinski definition) is 1. The number of benzene rings is 1. The van der Waals surface area contributed by atoms with Crippen molar-refractivity contribution < 1.29 is 9.53 Å². The van der Waals surface area contributed by atoms with Crippen molar-refractivity contribution in [3.8, 4) is 0 Å². The van der Waals surface area contributed by atoms with Gasteiger partial charge in [-0.2, -0.15) is 0 Å². The van der Waals surface area contributed by atoms with Crippen LogP contribution >= 0.6 is 0 Å². The van der Waals surface area contributed by atoms with Gasteiger partial charge in [-0.3, -0.25) is 4.79 Å². The van der Waals surface area contributed by atoms with Crippen LogP contribution in [0.3, 0.4) is 0 Å². The second-order valence-electron chi connectivity index (χ2n) is 7.11. The summed E-state index contributed by atoms with van der Waals surface area (Å²) >= 11 is 0. The Morgan fingerprint density at radius 2 is 2.00 bits per heavy atom. The molecule has 2 aliphatic heterocycles. The highest BCUT2D eigenvalue weighted by Crippen LogP contribution is 2.37. The quantitative estimate of drug-likeness (QED) is 0.915. The van der Waals surface area contributed by atoms with Crippen molar-refractivity contribution >= 4 is 11.9 Å². The second-order valence-corrected chi connectivity index (χ2v) is 7.11. The summed E-state index contributed by atoms with van der Waals surface area (Å²) in [5.41, 5.74) is 0.547. The SMILES string of the molecule is O=C(NC[C@@H]1CCC[C@@]2(CCN(c3ncccn3)C2)O1)c1ccccc1. The molecule has 136 valence electrons. The van der Waals surface area contributed by atoms with Crippen molar-refractivity contribution in [3.05, 3.63) is 54.4 Å². The maximum Gasteiger partial charge on any atom is 0.251 e. The number of carbonyl (C=O) groups excluding carboxylic acids is 1. The highest BCUT2D eigenvalue weighted by atomic mass is 16.5. The molecule has 1 aromatic heterocycles. The lowest BCUT2D eigenvalue weighted by molar-refractivity contribution is -0.113. The minimum Gasteiger partial charge on any atom is -0.368 e. The Balaban J connectivity index is 1.34. The Kier molecular flexibility index (Phi) is 4.84. The molecule has 2 aromatic rings. The predicted molar refractivity (Wildman–Crippen MR) is 99.1 cm³/mol. The zero-order valence-corrected chi connectivity index (χ0v) is 14.8. The van der Waals surface area contributed by atoms with Crippen LogP contribution in [-0.2, 0) is 4.74 Å². The summed E-state index contributed by atoms with van der Waals surface area (Å²) in [6, 6.07) is 11.1. The average Bonchev–Trinajstić information content (AvgIpc) is 3.10. The molecule has 1 amide bonds. The first-order valence-electron chi connectivity index (χ1n) is 9.27. The number of nitrogens with one attached hydrogen (secondary N) is 1. The van der Waals surface area contributed by atoms with Crippen molar-refractivity contribution in [2.75, 3.05) is 24.5 Å². The zero-order chi connectivity index (χ0) is 17.8. The fourth-order valence-corrected chi connectivity index (χ4v) is 3.94. The molecule has 26 heavy (non-hydrogen) atoms. The number of aromatic nitrogens is 2. The lowest BCUT2D eigenvalue weighted by atomic mass is 9.90. The van der Waals surface area contributed by atoms with E-state index in [1.807, 2.05) is 36.4 Å². The molecule has 1 spiro atoms. The summed E-state index contributed by atoms with van der Waals surface area (Å²) in [6.07, 6.45) is 7.75. The van der Waals surface area contributed by atoms with Gasteiger partial charge in [0.25, 0.3) is 5.91 Å². The highest BCUT2D eigenvalue weighted by molar-refractivity contribution is 5.94. The molecule has 2 saturated heterocycles. The average molecular weight is 352 g/mol. The van der Waals surface area contributed by atoms with Crippen LogP contribution in [0.5, 0.6) is 0 Å². The predicted octanol–water partition coefficient (Wildman–Crippen LogP) is 2.42. The summed E-state index contributed by atoms with van der Waals surface area (Å²) in [5, 5.41) is 3.02. The first kappa shape index (κ1) is 17.0. The van der Waals surface area contributed by atoms with Gasteiger partial charge in [0.15, 0.2) is 0 Å². The third-order valence-electron chi connectivity index (χ3n) is 5.25. The Morgan fingerprint density at radius 3 is 2.81 bits per heavy atom. The molecule has 0 unspecified atom stereocenters. The number of amides is 1. The Morgan fingerprint density at radius 1 is 1.19 bits per heavy atom. The zero-order valence-electron chi connectivity index (χ0n) is 14.8. The van der Waals surface area contributed by atoms with Gasteiger partial charge in [-0.05, 0) is 43.9 Å². The van der Waals surface area contributed by atoms with Gasteiger partial charge in [0.2, 0.25) is 5.95 Å². The van der Waals surface area contributed by atoms with Gasteiger partial charge in [-0.1, -0.05) is 18.2 Å². The molecule has 6 nitrogen and oxygen atoms in total. The summed E-state index contributed by atoms with van der Waals surface area (Å²) < 4.78 is 6.46. The summed E-state index contributed by atoms with van der Waals surface area (Å²) in [7, 11) is 0. The van der Waals surface area contributed by atoms with Gasteiger partial charge in [-0.25, -0.2) is 9.97 Å².